The molecular formula is C26H32F3NO5S. The van der Waals surface area contributed by atoms with E-state index >= 15 is 0 Å². The number of rotatable bonds is 6. The predicted octanol–water partition coefficient (Wildman–Crippen LogP) is 5.99. The van der Waals surface area contributed by atoms with E-state index in [2.05, 4.69) is 0 Å². The second-order valence-corrected chi connectivity index (χ2v) is 11.7. The van der Waals surface area contributed by atoms with Crippen LogP contribution >= 0.6 is 0 Å². The van der Waals surface area contributed by atoms with E-state index in [-0.39, 0.29) is 25.3 Å². The van der Waals surface area contributed by atoms with Crippen LogP contribution in [0, 0.1) is 13.8 Å². The third-order valence-electron chi connectivity index (χ3n) is 5.87. The Labute approximate surface area is 210 Å². The van der Waals surface area contributed by atoms with Crippen LogP contribution in [0.25, 0.3) is 11.1 Å². The second-order valence-electron chi connectivity index (χ2n) is 9.83. The fraction of sp³-hybridized carbons (Fsp3) is 0.500. The van der Waals surface area contributed by atoms with Crippen LogP contribution in [0.1, 0.15) is 62.5 Å². The highest BCUT2D eigenvalue weighted by molar-refractivity contribution is 7.93. The van der Waals surface area contributed by atoms with Gasteiger partial charge in [0.05, 0.1) is 17.9 Å². The Balaban J connectivity index is 2.40. The summed E-state index contributed by atoms with van der Waals surface area (Å²) in [6.45, 7) is 10.4. The number of hydrogen-bond donors (Lipinski definition) is 0. The molecule has 0 saturated carbocycles. The van der Waals surface area contributed by atoms with Gasteiger partial charge in [-0.15, -0.1) is 0 Å². The van der Waals surface area contributed by atoms with Gasteiger partial charge in [-0.3, -0.25) is 4.31 Å². The number of alkyl halides is 3. The molecule has 0 aliphatic carbocycles. The predicted molar refractivity (Wildman–Crippen MR) is 132 cm³/mol. The van der Waals surface area contributed by atoms with Gasteiger partial charge in [-0.05, 0) is 82.7 Å². The first-order chi connectivity index (χ1) is 16.6. The third-order valence-corrected chi connectivity index (χ3v) is 7.42. The van der Waals surface area contributed by atoms with Crippen LogP contribution in [0.2, 0.25) is 0 Å². The van der Waals surface area contributed by atoms with Gasteiger partial charge in [0, 0.05) is 12.1 Å². The molecule has 6 nitrogen and oxygen atoms in total. The van der Waals surface area contributed by atoms with E-state index in [4.69, 9.17) is 9.47 Å². The van der Waals surface area contributed by atoms with Crippen LogP contribution < -0.4 is 4.31 Å². The minimum absolute atomic E-state index is 0.0335. The monoisotopic (exact) mass is 527 g/mol. The summed E-state index contributed by atoms with van der Waals surface area (Å²) in [6, 6.07) is 8.73. The molecule has 1 atom stereocenters. The number of benzene rings is 2. The van der Waals surface area contributed by atoms with Crippen molar-refractivity contribution in [1.82, 2.24) is 0 Å². The smallest absolute Gasteiger partial charge is 0.464 e. The lowest BCUT2D eigenvalue weighted by Gasteiger charge is -2.35. The summed E-state index contributed by atoms with van der Waals surface area (Å²) in [5.41, 5.74) is -2.82. The fourth-order valence-electron chi connectivity index (χ4n) is 4.41. The third kappa shape index (κ3) is 5.54. The average Bonchev–Trinajstić information content (AvgIpc) is 2.76. The lowest BCUT2D eigenvalue weighted by atomic mass is 9.84. The number of aryl methyl sites for hydroxylation is 2. The van der Waals surface area contributed by atoms with Crippen LogP contribution in [0.3, 0.4) is 0 Å². The molecule has 198 valence electrons. The summed E-state index contributed by atoms with van der Waals surface area (Å²) in [5, 5.41) is 0. The van der Waals surface area contributed by atoms with Crippen LogP contribution in [-0.4, -0.2) is 38.6 Å². The van der Waals surface area contributed by atoms with Crippen molar-refractivity contribution in [3.05, 3.63) is 52.6 Å². The fourth-order valence-corrected chi connectivity index (χ4v) is 5.45. The van der Waals surface area contributed by atoms with Crippen molar-refractivity contribution in [3.63, 3.8) is 0 Å². The highest BCUT2D eigenvalue weighted by Gasteiger charge is 2.51. The van der Waals surface area contributed by atoms with Gasteiger partial charge in [0.15, 0.2) is 6.10 Å². The van der Waals surface area contributed by atoms with Gasteiger partial charge in [0.25, 0.3) is 0 Å². The molecule has 1 unspecified atom stereocenters. The van der Waals surface area contributed by atoms with Gasteiger partial charge in [-0.1, -0.05) is 29.8 Å². The highest BCUT2D eigenvalue weighted by atomic mass is 32.2. The Kier molecular flexibility index (Phi) is 7.81. The molecule has 1 aliphatic heterocycles. The van der Waals surface area contributed by atoms with Crippen molar-refractivity contribution >= 4 is 21.7 Å². The largest absolute Gasteiger partial charge is 0.516 e. The van der Waals surface area contributed by atoms with Crippen molar-refractivity contribution in [2.24, 2.45) is 0 Å². The number of anilines is 1. The number of carbonyl (C=O) groups is 1. The minimum Gasteiger partial charge on any atom is -0.464 e. The number of hydrogen-bond acceptors (Lipinski definition) is 5. The van der Waals surface area contributed by atoms with E-state index in [1.165, 1.54) is 6.07 Å². The molecule has 0 bridgehead atoms. The topological polar surface area (TPSA) is 72.9 Å². The van der Waals surface area contributed by atoms with Crippen LogP contribution in [0.5, 0.6) is 0 Å². The number of halogens is 3. The molecule has 10 heteroatoms. The Morgan fingerprint density at radius 1 is 1.11 bits per heavy atom. The van der Waals surface area contributed by atoms with E-state index in [1.807, 2.05) is 31.2 Å². The molecule has 0 radical (unpaired) electrons. The number of ether oxygens (including phenoxy) is 2. The maximum atomic E-state index is 13.6. The van der Waals surface area contributed by atoms with E-state index in [0.29, 0.717) is 38.5 Å². The quantitative estimate of drug-likeness (QED) is 0.432. The first kappa shape index (κ1) is 28.0. The van der Waals surface area contributed by atoms with E-state index in [9.17, 15) is 26.4 Å². The van der Waals surface area contributed by atoms with Gasteiger partial charge in [0.2, 0.25) is 0 Å². The summed E-state index contributed by atoms with van der Waals surface area (Å²) in [6.07, 6.45) is -0.643. The van der Waals surface area contributed by atoms with Gasteiger partial charge < -0.3 is 9.47 Å². The number of nitrogens with zero attached hydrogens (tertiary/aromatic N) is 1. The molecule has 0 aromatic heterocycles. The summed E-state index contributed by atoms with van der Waals surface area (Å²) in [5.74, 6) is -0.626. The second kappa shape index (κ2) is 10.0. The minimum atomic E-state index is -5.61. The summed E-state index contributed by atoms with van der Waals surface area (Å²) in [4.78, 5) is 13.1. The standard InChI is InChI=1S/C26H32F3NO5S/c1-7-34-24(31)23(35-25(4,5)6)21-17(3)15-20-19(22(21)18-12-10-16(2)11-13-18)9-8-14-30(20)36(32,33)26(27,28)29/h10-13,15,23H,7-9,14H2,1-6H3. The number of carbonyl (C=O) groups excluding carboxylic acids is 1. The molecule has 0 N–H and O–H groups in total. The van der Waals surface area contributed by atoms with E-state index in [0.717, 1.165) is 5.56 Å². The van der Waals surface area contributed by atoms with Crippen LogP contribution in [-0.2, 0) is 30.7 Å². The Bertz CT molecular complexity index is 1230. The van der Waals surface area contributed by atoms with Crippen molar-refractivity contribution in [2.45, 2.75) is 71.6 Å². The lowest BCUT2D eigenvalue weighted by molar-refractivity contribution is -0.166. The normalized spacial score (nSPS) is 15.4. The maximum absolute atomic E-state index is 13.6. The molecule has 3 rings (SSSR count). The average molecular weight is 528 g/mol. The summed E-state index contributed by atoms with van der Waals surface area (Å²) in [7, 11) is -5.61. The first-order valence-corrected chi connectivity index (χ1v) is 13.2. The van der Waals surface area contributed by atoms with Gasteiger partial charge in [-0.25, -0.2) is 4.79 Å². The van der Waals surface area contributed by atoms with Crippen molar-refractivity contribution in [1.29, 1.82) is 0 Å². The summed E-state index contributed by atoms with van der Waals surface area (Å²) >= 11 is 0. The van der Waals surface area contributed by atoms with Crippen molar-refractivity contribution < 1.29 is 35.9 Å². The lowest BCUT2D eigenvalue weighted by Crippen LogP contribution is -2.43. The molecule has 36 heavy (non-hydrogen) atoms. The number of sulfonamides is 1. The highest BCUT2D eigenvalue weighted by Crippen LogP contribution is 2.46. The SMILES string of the molecule is CCOC(=O)C(OC(C)(C)C)c1c(C)cc2c(c1-c1ccc(C)cc1)CCCN2S(=O)(=O)C(F)(F)F. The molecule has 2 aromatic rings. The zero-order valence-corrected chi connectivity index (χ0v) is 22.1. The van der Waals surface area contributed by atoms with Gasteiger partial charge >= 0.3 is 21.5 Å². The van der Waals surface area contributed by atoms with Crippen molar-refractivity contribution in [2.75, 3.05) is 17.5 Å². The van der Waals surface area contributed by atoms with Crippen molar-refractivity contribution in [3.8, 4) is 11.1 Å². The Hall–Kier alpha value is -2.59. The molecule has 0 amide bonds. The zero-order chi connectivity index (χ0) is 27.1. The molecule has 0 fully saturated rings. The molecule has 1 heterocycles. The first-order valence-electron chi connectivity index (χ1n) is 11.8. The Morgan fingerprint density at radius 2 is 1.72 bits per heavy atom. The summed E-state index contributed by atoms with van der Waals surface area (Å²) < 4.78 is 77.5. The van der Waals surface area contributed by atoms with Crippen LogP contribution in [0.4, 0.5) is 18.9 Å². The van der Waals surface area contributed by atoms with Crippen LogP contribution in [0.15, 0.2) is 30.3 Å². The van der Waals surface area contributed by atoms with E-state index in [1.54, 1.807) is 34.6 Å². The zero-order valence-electron chi connectivity index (χ0n) is 21.3. The molecular weight excluding hydrogens is 495 g/mol. The molecule has 0 spiro atoms. The maximum Gasteiger partial charge on any atom is 0.516 e. The molecule has 2 aromatic carbocycles. The van der Waals surface area contributed by atoms with Gasteiger partial charge in [-0.2, -0.15) is 21.6 Å². The number of fused-ring (bicyclic) bond motifs is 1. The Morgan fingerprint density at radius 3 is 2.25 bits per heavy atom. The number of esters is 1. The van der Waals surface area contributed by atoms with Gasteiger partial charge in [0.1, 0.15) is 0 Å². The van der Waals surface area contributed by atoms with E-state index < -0.39 is 33.2 Å². The molecule has 0 saturated heterocycles. The molecule has 1 aliphatic rings.